The molecule has 0 saturated heterocycles. The lowest BCUT2D eigenvalue weighted by molar-refractivity contribution is -0.143. The van der Waals surface area contributed by atoms with Gasteiger partial charge >= 0.3 is 5.97 Å². The SMILES string of the molecule is CCC(C(=O)O)C(NC)C1CCCCC1. The van der Waals surface area contributed by atoms with Gasteiger partial charge in [-0.1, -0.05) is 26.2 Å². The maximum atomic E-state index is 11.1. The zero-order valence-corrected chi connectivity index (χ0v) is 9.83. The van der Waals surface area contributed by atoms with Crippen molar-refractivity contribution in [3.8, 4) is 0 Å². The Morgan fingerprint density at radius 3 is 2.40 bits per heavy atom. The van der Waals surface area contributed by atoms with Crippen LogP contribution in [0.4, 0.5) is 0 Å². The fourth-order valence-electron chi connectivity index (χ4n) is 2.84. The van der Waals surface area contributed by atoms with Crippen molar-refractivity contribution in [2.75, 3.05) is 7.05 Å². The summed E-state index contributed by atoms with van der Waals surface area (Å²) < 4.78 is 0. The first-order valence-electron chi connectivity index (χ1n) is 6.10. The van der Waals surface area contributed by atoms with Crippen LogP contribution in [-0.4, -0.2) is 24.2 Å². The van der Waals surface area contributed by atoms with Gasteiger partial charge in [-0.05, 0) is 32.2 Å². The first-order valence-corrected chi connectivity index (χ1v) is 6.10. The van der Waals surface area contributed by atoms with Crippen molar-refractivity contribution in [3.05, 3.63) is 0 Å². The summed E-state index contributed by atoms with van der Waals surface area (Å²) in [6, 6.07) is 0.160. The van der Waals surface area contributed by atoms with E-state index < -0.39 is 5.97 Å². The molecule has 1 aliphatic rings. The molecule has 0 heterocycles. The Labute approximate surface area is 92.3 Å². The number of carboxylic acids is 1. The van der Waals surface area contributed by atoms with Gasteiger partial charge in [-0.15, -0.1) is 0 Å². The Balaban J connectivity index is 2.62. The Morgan fingerprint density at radius 1 is 1.40 bits per heavy atom. The first kappa shape index (κ1) is 12.5. The molecule has 0 aromatic carbocycles. The molecule has 1 rings (SSSR count). The van der Waals surface area contributed by atoms with Gasteiger partial charge in [-0.3, -0.25) is 4.79 Å². The van der Waals surface area contributed by atoms with Gasteiger partial charge in [0.25, 0.3) is 0 Å². The van der Waals surface area contributed by atoms with Crippen LogP contribution in [0, 0.1) is 11.8 Å². The molecule has 0 radical (unpaired) electrons. The third-order valence-electron chi connectivity index (χ3n) is 3.68. The number of rotatable bonds is 5. The predicted molar refractivity (Wildman–Crippen MR) is 60.8 cm³/mol. The summed E-state index contributed by atoms with van der Waals surface area (Å²) in [5.41, 5.74) is 0. The first-order chi connectivity index (χ1) is 7.20. The number of hydrogen-bond donors (Lipinski definition) is 2. The van der Waals surface area contributed by atoms with Crippen molar-refractivity contribution in [3.63, 3.8) is 0 Å². The molecule has 2 unspecified atom stereocenters. The van der Waals surface area contributed by atoms with E-state index in [2.05, 4.69) is 5.32 Å². The van der Waals surface area contributed by atoms with E-state index >= 15 is 0 Å². The fourth-order valence-corrected chi connectivity index (χ4v) is 2.84. The number of nitrogens with one attached hydrogen (secondary N) is 1. The van der Waals surface area contributed by atoms with Crippen LogP contribution in [0.3, 0.4) is 0 Å². The van der Waals surface area contributed by atoms with Crippen LogP contribution in [0.2, 0.25) is 0 Å². The predicted octanol–water partition coefficient (Wildman–Crippen LogP) is 2.27. The summed E-state index contributed by atoms with van der Waals surface area (Å²) in [5, 5.41) is 12.4. The second-order valence-electron chi connectivity index (χ2n) is 4.57. The van der Waals surface area contributed by atoms with Gasteiger partial charge in [0, 0.05) is 6.04 Å². The number of carboxylic acid groups (broad SMARTS) is 1. The largest absolute Gasteiger partial charge is 0.481 e. The van der Waals surface area contributed by atoms with Crippen LogP contribution in [0.1, 0.15) is 45.4 Å². The Kier molecular flexibility index (Phi) is 5.09. The number of hydrogen-bond acceptors (Lipinski definition) is 2. The molecule has 3 nitrogen and oxygen atoms in total. The second-order valence-corrected chi connectivity index (χ2v) is 4.57. The maximum Gasteiger partial charge on any atom is 0.308 e. The molecule has 1 aliphatic carbocycles. The summed E-state index contributed by atoms with van der Waals surface area (Å²) in [4.78, 5) is 11.1. The van der Waals surface area contributed by atoms with Crippen molar-refractivity contribution in [2.45, 2.75) is 51.5 Å². The lowest BCUT2D eigenvalue weighted by Gasteiger charge is -2.33. The summed E-state index contributed by atoms with van der Waals surface area (Å²) in [7, 11) is 1.89. The highest BCUT2D eigenvalue weighted by Gasteiger charge is 2.32. The second kappa shape index (κ2) is 6.11. The Hall–Kier alpha value is -0.570. The molecular formula is C12H23NO2. The molecule has 3 heteroatoms. The summed E-state index contributed by atoms with van der Waals surface area (Å²) in [5.74, 6) is -0.315. The molecule has 0 amide bonds. The molecule has 88 valence electrons. The Morgan fingerprint density at radius 2 is 2.00 bits per heavy atom. The highest BCUT2D eigenvalue weighted by atomic mass is 16.4. The zero-order valence-electron chi connectivity index (χ0n) is 9.83. The Bertz CT molecular complexity index is 200. The van der Waals surface area contributed by atoms with E-state index in [0.717, 1.165) is 6.42 Å². The van der Waals surface area contributed by atoms with E-state index in [9.17, 15) is 4.79 Å². The molecule has 0 aliphatic heterocycles. The number of aliphatic carboxylic acids is 1. The maximum absolute atomic E-state index is 11.1. The monoisotopic (exact) mass is 213 g/mol. The summed E-state index contributed by atoms with van der Waals surface area (Å²) in [6.45, 7) is 1.96. The van der Waals surface area contributed by atoms with Crippen LogP contribution in [-0.2, 0) is 4.79 Å². The molecule has 2 N–H and O–H groups in total. The standard InChI is InChI=1S/C12H23NO2/c1-3-10(12(14)15)11(13-2)9-7-5-4-6-8-9/h9-11,13H,3-8H2,1-2H3,(H,14,15). The summed E-state index contributed by atoms with van der Waals surface area (Å²) in [6.07, 6.45) is 6.94. The molecule has 0 aromatic rings. The van der Waals surface area contributed by atoms with Crippen molar-refractivity contribution in [2.24, 2.45) is 11.8 Å². The molecule has 0 aromatic heterocycles. The van der Waals surface area contributed by atoms with E-state index in [1.807, 2.05) is 14.0 Å². The molecule has 1 fully saturated rings. The van der Waals surface area contributed by atoms with Crippen LogP contribution in [0.15, 0.2) is 0 Å². The molecule has 0 spiro atoms. The zero-order chi connectivity index (χ0) is 11.3. The molecule has 2 atom stereocenters. The van der Waals surface area contributed by atoms with E-state index in [-0.39, 0.29) is 12.0 Å². The van der Waals surface area contributed by atoms with E-state index in [4.69, 9.17) is 5.11 Å². The smallest absolute Gasteiger partial charge is 0.308 e. The highest BCUT2D eigenvalue weighted by molar-refractivity contribution is 5.70. The average Bonchev–Trinajstić information content (AvgIpc) is 2.26. The van der Waals surface area contributed by atoms with Gasteiger partial charge in [0.1, 0.15) is 0 Å². The van der Waals surface area contributed by atoms with Crippen LogP contribution in [0.5, 0.6) is 0 Å². The van der Waals surface area contributed by atoms with Crippen LogP contribution >= 0.6 is 0 Å². The third kappa shape index (κ3) is 3.20. The quantitative estimate of drug-likeness (QED) is 0.736. The van der Waals surface area contributed by atoms with Crippen molar-refractivity contribution >= 4 is 5.97 Å². The van der Waals surface area contributed by atoms with E-state index in [1.54, 1.807) is 0 Å². The molecule has 1 saturated carbocycles. The molecule has 15 heavy (non-hydrogen) atoms. The van der Waals surface area contributed by atoms with Crippen LogP contribution in [0.25, 0.3) is 0 Å². The summed E-state index contributed by atoms with van der Waals surface area (Å²) >= 11 is 0. The van der Waals surface area contributed by atoms with Gasteiger partial charge in [-0.25, -0.2) is 0 Å². The topological polar surface area (TPSA) is 49.3 Å². The van der Waals surface area contributed by atoms with Crippen LogP contribution < -0.4 is 5.32 Å². The minimum Gasteiger partial charge on any atom is -0.481 e. The average molecular weight is 213 g/mol. The van der Waals surface area contributed by atoms with Gasteiger partial charge in [0.2, 0.25) is 0 Å². The highest BCUT2D eigenvalue weighted by Crippen LogP contribution is 2.30. The van der Waals surface area contributed by atoms with Crippen molar-refractivity contribution in [1.82, 2.24) is 5.32 Å². The lowest BCUT2D eigenvalue weighted by Crippen LogP contribution is -2.44. The molecule has 0 bridgehead atoms. The fraction of sp³-hybridized carbons (Fsp3) is 0.917. The van der Waals surface area contributed by atoms with E-state index in [0.29, 0.717) is 5.92 Å². The minimum absolute atomic E-state index is 0.160. The van der Waals surface area contributed by atoms with Gasteiger partial charge < -0.3 is 10.4 Å². The van der Waals surface area contributed by atoms with Crippen molar-refractivity contribution in [1.29, 1.82) is 0 Å². The van der Waals surface area contributed by atoms with Crippen molar-refractivity contribution < 1.29 is 9.90 Å². The lowest BCUT2D eigenvalue weighted by atomic mass is 9.78. The normalized spacial score (nSPS) is 22.3. The van der Waals surface area contributed by atoms with Gasteiger partial charge in [-0.2, -0.15) is 0 Å². The van der Waals surface area contributed by atoms with E-state index in [1.165, 1.54) is 32.1 Å². The number of carbonyl (C=O) groups is 1. The van der Waals surface area contributed by atoms with Gasteiger partial charge in [0.15, 0.2) is 0 Å². The van der Waals surface area contributed by atoms with Gasteiger partial charge in [0.05, 0.1) is 5.92 Å². The minimum atomic E-state index is -0.651. The molecular weight excluding hydrogens is 190 g/mol. The third-order valence-corrected chi connectivity index (χ3v) is 3.68.